The van der Waals surface area contributed by atoms with Gasteiger partial charge in [-0.25, -0.2) is 0 Å². The first-order valence-electron chi connectivity index (χ1n) is 12.8. The summed E-state index contributed by atoms with van der Waals surface area (Å²) in [7, 11) is 0. The summed E-state index contributed by atoms with van der Waals surface area (Å²) >= 11 is 0. The molecule has 4 fully saturated rings. The lowest BCUT2D eigenvalue weighted by atomic mass is 9.53. The second-order valence-electron chi connectivity index (χ2n) is 11.1. The second-order valence-corrected chi connectivity index (χ2v) is 11.1. The summed E-state index contributed by atoms with van der Waals surface area (Å²) in [5.41, 5.74) is 3.73. The fourth-order valence-electron chi connectivity index (χ4n) is 8.33. The molecule has 2 bridgehead atoms. The van der Waals surface area contributed by atoms with Crippen molar-refractivity contribution in [2.45, 2.75) is 94.9 Å². The van der Waals surface area contributed by atoms with E-state index in [0.717, 1.165) is 36.0 Å². The number of rotatable bonds is 3. The third kappa shape index (κ3) is 3.25. The Balaban J connectivity index is 1.18. The van der Waals surface area contributed by atoms with Crippen molar-refractivity contribution in [1.82, 2.24) is 5.32 Å². The molecule has 1 aliphatic heterocycles. The Hall–Kier alpha value is -1.02. The minimum atomic E-state index is 0.446. The standard InChI is InChI=1S/C27H39NO/c1-2-6-21-15-19(8-9-20(21)5-1)18-29-23-11-10-22-16-26-24-7-3-4-12-27(24,13-14-28-26)25(22)17-23/h10-11,17,19-21,24,26,28H,1-9,12-16,18H2/t19?,20?,21?,24-,26+,27+/m0/s1. The Labute approximate surface area is 177 Å². The van der Waals surface area contributed by atoms with Crippen LogP contribution < -0.4 is 10.1 Å². The van der Waals surface area contributed by atoms with Crippen molar-refractivity contribution >= 4 is 0 Å². The summed E-state index contributed by atoms with van der Waals surface area (Å²) in [4.78, 5) is 0. The predicted molar refractivity (Wildman–Crippen MR) is 118 cm³/mol. The maximum atomic E-state index is 6.49. The molecule has 0 aromatic heterocycles. The van der Waals surface area contributed by atoms with Crippen LogP contribution in [0, 0.1) is 23.7 Å². The van der Waals surface area contributed by atoms with E-state index < -0.39 is 0 Å². The lowest BCUT2D eigenvalue weighted by Crippen LogP contribution is -2.59. The van der Waals surface area contributed by atoms with E-state index in [1.807, 2.05) is 0 Å². The van der Waals surface area contributed by atoms with Crippen LogP contribution in [0.4, 0.5) is 0 Å². The lowest BCUT2D eigenvalue weighted by Gasteiger charge is -2.56. The predicted octanol–water partition coefficient (Wildman–Crippen LogP) is 6.02. The number of nitrogens with one attached hydrogen (secondary N) is 1. The summed E-state index contributed by atoms with van der Waals surface area (Å²) in [6.07, 6.45) is 18.5. The SMILES string of the molecule is c1cc2c(cc1OCC1CCC3CCCCC3C1)[C@@]13CCCC[C@H]1[C@@H](C2)NCC3. The molecule has 2 nitrogen and oxygen atoms in total. The van der Waals surface area contributed by atoms with E-state index in [2.05, 4.69) is 23.5 Å². The molecule has 0 radical (unpaired) electrons. The number of hydrogen-bond donors (Lipinski definition) is 1. The molecule has 1 aromatic carbocycles. The van der Waals surface area contributed by atoms with E-state index in [1.54, 1.807) is 11.1 Å². The highest BCUT2D eigenvalue weighted by molar-refractivity contribution is 5.45. The van der Waals surface area contributed by atoms with Gasteiger partial charge in [0.1, 0.15) is 5.75 Å². The molecule has 6 rings (SSSR count). The van der Waals surface area contributed by atoms with Crippen LogP contribution in [0.2, 0.25) is 0 Å². The number of piperidine rings is 1. The molecule has 4 aliphatic carbocycles. The number of fused-ring (bicyclic) bond motifs is 2. The quantitative estimate of drug-likeness (QED) is 0.678. The van der Waals surface area contributed by atoms with E-state index >= 15 is 0 Å². The Morgan fingerprint density at radius 1 is 0.931 bits per heavy atom. The van der Waals surface area contributed by atoms with Gasteiger partial charge in [-0.2, -0.15) is 0 Å². The Morgan fingerprint density at radius 3 is 2.79 bits per heavy atom. The average molecular weight is 394 g/mol. The third-order valence-electron chi connectivity index (χ3n) is 9.75. The smallest absolute Gasteiger partial charge is 0.119 e. The second kappa shape index (κ2) is 7.59. The van der Waals surface area contributed by atoms with E-state index in [9.17, 15) is 0 Å². The van der Waals surface area contributed by atoms with Gasteiger partial charge in [-0.05, 0) is 98.4 Å². The molecule has 0 spiro atoms. The summed E-state index contributed by atoms with van der Waals surface area (Å²) < 4.78 is 6.49. The molecule has 1 N–H and O–H groups in total. The fourth-order valence-corrected chi connectivity index (χ4v) is 8.33. The maximum Gasteiger partial charge on any atom is 0.119 e. The Morgan fingerprint density at radius 2 is 1.83 bits per heavy atom. The van der Waals surface area contributed by atoms with Crippen LogP contribution in [0.1, 0.15) is 88.2 Å². The van der Waals surface area contributed by atoms with Gasteiger partial charge in [0.05, 0.1) is 6.61 Å². The first-order chi connectivity index (χ1) is 14.3. The van der Waals surface area contributed by atoms with Gasteiger partial charge >= 0.3 is 0 Å². The minimum absolute atomic E-state index is 0.446. The zero-order valence-electron chi connectivity index (χ0n) is 18.1. The van der Waals surface area contributed by atoms with Crippen LogP contribution in [-0.4, -0.2) is 19.2 Å². The Kier molecular flexibility index (Phi) is 4.90. The van der Waals surface area contributed by atoms with Gasteiger partial charge < -0.3 is 10.1 Å². The third-order valence-corrected chi connectivity index (χ3v) is 9.75. The molecule has 1 saturated heterocycles. The molecule has 158 valence electrons. The van der Waals surface area contributed by atoms with Gasteiger partial charge in [0.15, 0.2) is 0 Å². The van der Waals surface area contributed by atoms with Crippen LogP contribution in [0.3, 0.4) is 0 Å². The normalized spacial score (nSPS) is 41.0. The lowest BCUT2D eigenvalue weighted by molar-refractivity contribution is 0.0788. The summed E-state index contributed by atoms with van der Waals surface area (Å²) in [5, 5.41) is 3.86. The zero-order chi connectivity index (χ0) is 19.3. The average Bonchev–Trinajstić information content (AvgIpc) is 2.78. The van der Waals surface area contributed by atoms with Crippen molar-refractivity contribution in [2.24, 2.45) is 23.7 Å². The van der Waals surface area contributed by atoms with Gasteiger partial charge in [-0.1, -0.05) is 44.6 Å². The highest BCUT2D eigenvalue weighted by Crippen LogP contribution is 2.54. The van der Waals surface area contributed by atoms with Crippen LogP contribution in [0.5, 0.6) is 5.75 Å². The molecular formula is C27H39NO. The van der Waals surface area contributed by atoms with Crippen molar-refractivity contribution in [1.29, 1.82) is 0 Å². The summed E-state index contributed by atoms with van der Waals surface area (Å²) in [6, 6.07) is 7.89. The van der Waals surface area contributed by atoms with Gasteiger partial charge in [-0.3, -0.25) is 0 Å². The highest BCUT2D eigenvalue weighted by atomic mass is 16.5. The van der Waals surface area contributed by atoms with Crippen molar-refractivity contribution in [3.8, 4) is 5.75 Å². The first-order valence-corrected chi connectivity index (χ1v) is 12.8. The molecule has 1 aromatic rings. The molecule has 2 heteroatoms. The molecule has 3 saturated carbocycles. The molecule has 29 heavy (non-hydrogen) atoms. The Bertz CT molecular complexity index is 740. The first kappa shape index (κ1) is 18.7. The summed E-state index contributed by atoms with van der Waals surface area (Å²) in [6.45, 7) is 2.15. The highest BCUT2D eigenvalue weighted by Gasteiger charge is 2.51. The van der Waals surface area contributed by atoms with E-state index in [1.165, 1.54) is 90.0 Å². The zero-order valence-corrected chi connectivity index (χ0v) is 18.1. The van der Waals surface area contributed by atoms with Gasteiger partial charge in [0.25, 0.3) is 0 Å². The van der Waals surface area contributed by atoms with Gasteiger partial charge in [0.2, 0.25) is 0 Å². The molecule has 6 atom stereocenters. The molecule has 3 unspecified atom stereocenters. The largest absolute Gasteiger partial charge is 0.493 e. The van der Waals surface area contributed by atoms with Gasteiger partial charge in [-0.15, -0.1) is 0 Å². The van der Waals surface area contributed by atoms with Crippen LogP contribution in [0.25, 0.3) is 0 Å². The van der Waals surface area contributed by atoms with Gasteiger partial charge in [0, 0.05) is 11.5 Å². The number of benzene rings is 1. The number of ether oxygens (including phenoxy) is 1. The van der Waals surface area contributed by atoms with E-state index in [-0.39, 0.29) is 0 Å². The van der Waals surface area contributed by atoms with Crippen LogP contribution in [-0.2, 0) is 11.8 Å². The van der Waals surface area contributed by atoms with Crippen molar-refractivity contribution in [3.63, 3.8) is 0 Å². The minimum Gasteiger partial charge on any atom is -0.493 e. The fraction of sp³-hybridized carbons (Fsp3) is 0.778. The molecular weight excluding hydrogens is 354 g/mol. The van der Waals surface area contributed by atoms with Crippen LogP contribution >= 0.6 is 0 Å². The number of hydrogen-bond acceptors (Lipinski definition) is 2. The molecule has 0 amide bonds. The monoisotopic (exact) mass is 393 g/mol. The summed E-state index contributed by atoms with van der Waals surface area (Å²) in [5.74, 6) is 4.84. The molecule has 5 aliphatic rings. The van der Waals surface area contributed by atoms with Crippen LogP contribution in [0.15, 0.2) is 18.2 Å². The van der Waals surface area contributed by atoms with Crippen molar-refractivity contribution < 1.29 is 4.74 Å². The maximum absolute atomic E-state index is 6.49. The van der Waals surface area contributed by atoms with E-state index in [0.29, 0.717) is 11.5 Å². The van der Waals surface area contributed by atoms with E-state index in [4.69, 9.17) is 4.74 Å². The van der Waals surface area contributed by atoms with Crippen molar-refractivity contribution in [3.05, 3.63) is 29.3 Å². The topological polar surface area (TPSA) is 21.3 Å². The van der Waals surface area contributed by atoms with Crippen molar-refractivity contribution in [2.75, 3.05) is 13.2 Å². The molecule has 1 heterocycles.